The highest BCUT2D eigenvalue weighted by Gasteiger charge is 2.49. The minimum absolute atomic E-state index is 0.0110. The molecule has 0 saturated heterocycles. The summed E-state index contributed by atoms with van der Waals surface area (Å²) in [6.07, 6.45) is -4.18. The summed E-state index contributed by atoms with van der Waals surface area (Å²) in [6, 6.07) is 0. The molecule has 0 unspecified atom stereocenters. The zero-order chi connectivity index (χ0) is 14.1. The second kappa shape index (κ2) is 4.88. The van der Waals surface area contributed by atoms with Crippen LogP contribution in [-0.4, -0.2) is 33.7 Å². The Morgan fingerprint density at radius 3 is 2.44 bits per heavy atom. The average Bonchev–Trinajstić information content (AvgIpc) is 2.59. The maximum Gasteiger partial charge on any atom is 0.383 e. The molecular weight excluding hydrogens is 280 g/mol. The largest absolute Gasteiger partial charge is 0.478 e. The number of rotatable bonds is 4. The van der Waals surface area contributed by atoms with Gasteiger partial charge in [-0.05, 0) is 18.5 Å². The van der Waals surface area contributed by atoms with Gasteiger partial charge < -0.3 is 10.4 Å². The molecule has 0 fully saturated rings. The second-order valence-corrected chi connectivity index (χ2v) is 3.93. The van der Waals surface area contributed by atoms with Gasteiger partial charge in [0.15, 0.2) is 0 Å². The molecule has 1 aromatic heterocycles. The predicted octanol–water partition coefficient (Wildman–Crippen LogP) is 1.99. The lowest BCUT2D eigenvalue weighted by atomic mass is 10.2. The van der Waals surface area contributed by atoms with Crippen molar-refractivity contribution in [3.8, 4) is 0 Å². The molecule has 5 nitrogen and oxygen atoms in total. The number of halogens is 4. The van der Waals surface area contributed by atoms with Gasteiger partial charge >= 0.3 is 24.2 Å². The maximum atomic E-state index is 12.6. The molecule has 10 heteroatoms. The number of hydrogen-bond donors (Lipinski definition) is 2. The number of anilines is 1. The van der Waals surface area contributed by atoms with Gasteiger partial charge in [0.1, 0.15) is 10.6 Å². The number of aryl methyl sites for hydroxylation is 1. The predicted molar refractivity (Wildman–Crippen MR) is 53.4 cm³/mol. The lowest BCUT2D eigenvalue weighted by molar-refractivity contribution is -0.163. The summed E-state index contributed by atoms with van der Waals surface area (Å²) >= 11 is 0.420. The van der Waals surface area contributed by atoms with Gasteiger partial charge in [0.2, 0.25) is 0 Å². The van der Waals surface area contributed by atoms with E-state index in [9.17, 15) is 27.2 Å². The van der Waals surface area contributed by atoms with Crippen LogP contribution in [0.25, 0.3) is 0 Å². The Bertz CT molecular complexity index is 489. The van der Waals surface area contributed by atoms with Crippen LogP contribution in [0.2, 0.25) is 0 Å². The third-order valence-corrected chi connectivity index (χ3v) is 2.73. The van der Waals surface area contributed by atoms with Crippen LogP contribution in [0.3, 0.4) is 0 Å². The lowest BCUT2D eigenvalue weighted by Gasteiger charge is -2.13. The number of carboxylic acid groups (broad SMARTS) is 1. The van der Waals surface area contributed by atoms with Crippen molar-refractivity contribution in [1.29, 1.82) is 0 Å². The van der Waals surface area contributed by atoms with Crippen molar-refractivity contribution in [2.75, 3.05) is 5.32 Å². The number of hydrogen-bond acceptors (Lipinski definition) is 4. The summed E-state index contributed by atoms with van der Waals surface area (Å²) in [5.41, 5.74) is -0.512. The van der Waals surface area contributed by atoms with Crippen molar-refractivity contribution < 1.29 is 32.3 Å². The number of nitrogens with one attached hydrogen (secondary N) is 1. The number of aromatic nitrogens is 1. The van der Waals surface area contributed by atoms with E-state index in [-0.39, 0.29) is 5.69 Å². The van der Waals surface area contributed by atoms with E-state index in [4.69, 9.17) is 5.11 Å². The zero-order valence-electron chi connectivity index (χ0n) is 8.71. The molecule has 1 amide bonds. The van der Waals surface area contributed by atoms with Crippen LogP contribution in [0, 0.1) is 6.92 Å². The summed E-state index contributed by atoms with van der Waals surface area (Å²) in [6.45, 7) is 1.28. The van der Waals surface area contributed by atoms with E-state index in [0.29, 0.717) is 11.5 Å². The molecule has 1 rings (SSSR count). The number of carbonyl (C=O) groups excluding carboxylic acids is 1. The van der Waals surface area contributed by atoms with Gasteiger partial charge in [-0.15, -0.1) is 0 Å². The SMILES string of the molecule is Cc1nsc(NC(=O)C(F)(F)C(F)F)c1C(=O)O. The summed E-state index contributed by atoms with van der Waals surface area (Å²) in [7, 11) is 0. The normalized spacial score (nSPS) is 11.7. The first-order valence-corrected chi connectivity index (χ1v) is 5.12. The van der Waals surface area contributed by atoms with Crippen LogP contribution in [0.4, 0.5) is 22.6 Å². The molecule has 0 atom stereocenters. The number of aromatic carboxylic acids is 1. The second-order valence-electron chi connectivity index (χ2n) is 3.16. The summed E-state index contributed by atoms with van der Waals surface area (Å²) in [5, 5.41) is 9.67. The van der Waals surface area contributed by atoms with Crippen molar-refractivity contribution in [2.24, 2.45) is 0 Å². The number of alkyl halides is 4. The molecule has 2 N–H and O–H groups in total. The smallest absolute Gasteiger partial charge is 0.383 e. The zero-order valence-corrected chi connectivity index (χ0v) is 9.52. The third kappa shape index (κ3) is 2.58. The average molecular weight is 286 g/mol. The fraction of sp³-hybridized carbons (Fsp3) is 0.375. The fourth-order valence-corrected chi connectivity index (χ4v) is 1.78. The number of carbonyl (C=O) groups is 2. The van der Waals surface area contributed by atoms with Crippen LogP contribution < -0.4 is 5.32 Å². The van der Waals surface area contributed by atoms with Crippen molar-refractivity contribution in [3.05, 3.63) is 11.3 Å². The van der Waals surface area contributed by atoms with E-state index in [2.05, 4.69) is 4.37 Å². The Kier molecular flexibility index (Phi) is 3.89. The van der Waals surface area contributed by atoms with Gasteiger partial charge in [0, 0.05) is 0 Å². The quantitative estimate of drug-likeness (QED) is 0.830. The summed E-state index contributed by atoms with van der Waals surface area (Å²) < 4.78 is 52.6. The van der Waals surface area contributed by atoms with Gasteiger partial charge in [0.05, 0.1) is 5.69 Å². The molecule has 0 saturated carbocycles. The molecule has 0 aliphatic carbocycles. The molecule has 0 aliphatic rings. The molecule has 0 radical (unpaired) electrons. The third-order valence-electron chi connectivity index (χ3n) is 1.88. The van der Waals surface area contributed by atoms with Gasteiger partial charge in [-0.2, -0.15) is 13.2 Å². The Balaban J connectivity index is 3.00. The van der Waals surface area contributed by atoms with Crippen LogP contribution in [0.1, 0.15) is 16.1 Å². The van der Waals surface area contributed by atoms with E-state index in [0.717, 1.165) is 0 Å². The monoisotopic (exact) mass is 286 g/mol. The van der Waals surface area contributed by atoms with Crippen LogP contribution in [-0.2, 0) is 4.79 Å². The van der Waals surface area contributed by atoms with Gasteiger partial charge in [0.25, 0.3) is 0 Å². The van der Waals surface area contributed by atoms with Crippen molar-refractivity contribution in [2.45, 2.75) is 19.3 Å². The van der Waals surface area contributed by atoms with Crippen molar-refractivity contribution in [3.63, 3.8) is 0 Å². The van der Waals surface area contributed by atoms with E-state index >= 15 is 0 Å². The highest BCUT2D eigenvalue weighted by Crippen LogP contribution is 2.29. The first-order chi connectivity index (χ1) is 8.17. The fourth-order valence-electron chi connectivity index (χ4n) is 0.992. The maximum absolute atomic E-state index is 12.6. The number of amides is 1. The van der Waals surface area contributed by atoms with Gasteiger partial charge in [-0.25, -0.2) is 13.6 Å². The highest BCUT2D eigenvalue weighted by atomic mass is 32.1. The minimum atomic E-state index is -4.90. The van der Waals surface area contributed by atoms with Gasteiger partial charge in [-0.3, -0.25) is 4.79 Å². The highest BCUT2D eigenvalue weighted by molar-refractivity contribution is 7.11. The molecule has 0 aromatic carbocycles. The molecule has 0 bridgehead atoms. The van der Waals surface area contributed by atoms with Crippen LogP contribution >= 0.6 is 11.5 Å². The Morgan fingerprint density at radius 2 is 2.00 bits per heavy atom. The molecule has 0 aliphatic heterocycles. The van der Waals surface area contributed by atoms with E-state index < -0.39 is 34.8 Å². The minimum Gasteiger partial charge on any atom is -0.478 e. The standard InChI is InChI=1S/C8H6F4N2O3S/c1-2-3(5(15)16)4(18-14-2)13-7(17)8(11,12)6(9)10/h6H,1H3,(H,13,17)(H,15,16). The number of carboxylic acids is 1. The molecular formula is C8H6F4N2O3S. The van der Waals surface area contributed by atoms with Crippen molar-refractivity contribution in [1.82, 2.24) is 4.37 Å². The van der Waals surface area contributed by atoms with Gasteiger partial charge in [-0.1, -0.05) is 0 Å². The van der Waals surface area contributed by atoms with E-state index in [1.54, 1.807) is 0 Å². The number of nitrogens with zero attached hydrogens (tertiary/aromatic N) is 1. The topological polar surface area (TPSA) is 79.3 Å². The molecule has 0 spiro atoms. The Hall–Kier alpha value is -1.71. The summed E-state index contributed by atoms with van der Waals surface area (Å²) in [4.78, 5) is 21.7. The lowest BCUT2D eigenvalue weighted by Crippen LogP contribution is -2.41. The van der Waals surface area contributed by atoms with E-state index in [1.165, 1.54) is 12.2 Å². The van der Waals surface area contributed by atoms with Crippen molar-refractivity contribution >= 4 is 28.4 Å². The molecule has 1 heterocycles. The first-order valence-electron chi connectivity index (χ1n) is 4.35. The first kappa shape index (κ1) is 14.4. The molecule has 100 valence electrons. The molecule has 18 heavy (non-hydrogen) atoms. The van der Waals surface area contributed by atoms with Crippen LogP contribution in [0.5, 0.6) is 0 Å². The van der Waals surface area contributed by atoms with Crippen LogP contribution in [0.15, 0.2) is 0 Å². The molecule has 1 aromatic rings. The Morgan fingerprint density at radius 1 is 1.44 bits per heavy atom. The summed E-state index contributed by atoms with van der Waals surface area (Å²) in [5.74, 6) is -8.67. The Labute approximate surface area is 102 Å². The van der Waals surface area contributed by atoms with E-state index in [1.807, 2.05) is 0 Å².